The summed E-state index contributed by atoms with van der Waals surface area (Å²) >= 11 is 0. The zero-order chi connectivity index (χ0) is 24.4. The van der Waals surface area contributed by atoms with Crippen LogP contribution < -0.4 is 5.32 Å². The van der Waals surface area contributed by atoms with E-state index in [1.54, 1.807) is 42.5 Å². The Morgan fingerprint density at radius 2 is 1.71 bits per heavy atom. The summed E-state index contributed by atoms with van der Waals surface area (Å²) in [6.07, 6.45) is 0. The van der Waals surface area contributed by atoms with Crippen molar-refractivity contribution in [3.8, 4) is 28.5 Å². The average Bonchev–Trinajstić information content (AvgIpc) is 2.84. The lowest BCUT2D eigenvalue weighted by Gasteiger charge is -2.17. The number of rotatable bonds is 6. The summed E-state index contributed by atoms with van der Waals surface area (Å²) in [7, 11) is 0. The molecule has 4 rings (SSSR count). The van der Waals surface area contributed by atoms with Crippen LogP contribution in [0.1, 0.15) is 22.8 Å². The molecule has 8 heteroatoms. The fourth-order valence-corrected chi connectivity index (χ4v) is 3.63. The van der Waals surface area contributed by atoms with Crippen molar-refractivity contribution >= 4 is 28.5 Å². The Morgan fingerprint density at radius 3 is 2.35 bits per heavy atom. The summed E-state index contributed by atoms with van der Waals surface area (Å²) in [5.74, 6) is -2.69. The summed E-state index contributed by atoms with van der Waals surface area (Å²) in [4.78, 5) is 27.3. The molecule has 0 aliphatic heterocycles. The highest BCUT2D eigenvalue weighted by Crippen LogP contribution is 2.35. The highest BCUT2D eigenvalue weighted by molar-refractivity contribution is 5.99. The second-order valence-electron chi connectivity index (χ2n) is 7.65. The number of nitrogens with one attached hydrogen (secondary N) is 1. The van der Waals surface area contributed by atoms with Crippen LogP contribution in [0, 0.1) is 17.1 Å². The van der Waals surface area contributed by atoms with E-state index in [1.165, 1.54) is 31.2 Å². The third-order valence-corrected chi connectivity index (χ3v) is 5.39. The zero-order valence-electron chi connectivity index (χ0n) is 17.9. The molecular formula is C26H18FN3O4. The number of pyridine rings is 1. The van der Waals surface area contributed by atoms with Crippen molar-refractivity contribution in [3.05, 3.63) is 83.7 Å². The molecular weight excluding hydrogens is 437 g/mol. The number of fused-ring (bicyclic) bond motifs is 1. The monoisotopic (exact) mass is 455 g/mol. The standard InChI is InChI=1S/C26H18FN3O4/c1-14(25(31)32)29-24-20-12-19(27)9-10-22(20)30-23(21(24)13-28)16-7-5-15(6-8-16)17-3-2-4-18(11-17)26(33)34/h2-12,14H,1H3,(H,29,30)(H,31,32)(H,33,34). The first-order valence-corrected chi connectivity index (χ1v) is 10.3. The number of carboxylic acid groups (broad SMARTS) is 2. The van der Waals surface area contributed by atoms with E-state index in [9.17, 15) is 29.5 Å². The van der Waals surface area contributed by atoms with Crippen LogP contribution in [0.2, 0.25) is 0 Å². The van der Waals surface area contributed by atoms with Crippen LogP contribution in [-0.4, -0.2) is 33.2 Å². The first-order chi connectivity index (χ1) is 16.3. The fourth-order valence-electron chi connectivity index (χ4n) is 3.63. The van der Waals surface area contributed by atoms with Crippen molar-refractivity contribution in [1.82, 2.24) is 4.98 Å². The van der Waals surface area contributed by atoms with E-state index in [4.69, 9.17) is 0 Å². The number of hydrogen-bond donors (Lipinski definition) is 3. The minimum absolute atomic E-state index is 0.0897. The first kappa shape index (κ1) is 22.4. The summed E-state index contributed by atoms with van der Waals surface area (Å²) in [5, 5.41) is 31.6. The van der Waals surface area contributed by atoms with Gasteiger partial charge in [0.1, 0.15) is 23.5 Å². The number of hydrogen-bond acceptors (Lipinski definition) is 5. The Labute approximate surface area is 193 Å². The van der Waals surface area contributed by atoms with Gasteiger partial charge in [-0.3, -0.25) is 4.79 Å². The van der Waals surface area contributed by atoms with Crippen LogP contribution in [0.5, 0.6) is 0 Å². The van der Waals surface area contributed by atoms with Crippen molar-refractivity contribution in [2.24, 2.45) is 0 Å². The number of benzene rings is 3. The fraction of sp³-hybridized carbons (Fsp3) is 0.0769. The molecule has 0 aliphatic rings. The van der Waals surface area contributed by atoms with E-state index in [2.05, 4.69) is 16.4 Å². The maximum absolute atomic E-state index is 14.0. The number of nitriles is 1. The summed E-state index contributed by atoms with van der Waals surface area (Å²) in [5.41, 5.74) is 3.23. The van der Waals surface area contributed by atoms with E-state index in [-0.39, 0.29) is 16.8 Å². The molecule has 0 aliphatic carbocycles. The van der Waals surface area contributed by atoms with Gasteiger partial charge in [0.15, 0.2) is 0 Å². The van der Waals surface area contributed by atoms with Gasteiger partial charge in [-0.1, -0.05) is 36.4 Å². The number of nitrogens with zero attached hydrogens (tertiary/aromatic N) is 2. The van der Waals surface area contributed by atoms with Gasteiger partial charge in [-0.05, 0) is 48.4 Å². The second-order valence-corrected chi connectivity index (χ2v) is 7.65. The lowest BCUT2D eigenvalue weighted by Crippen LogP contribution is -2.26. The van der Waals surface area contributed by atoms with Crippen molar-refractivity contribution in [1.29, 1.82) is 5.26 Å². The Balaban J connectivity index is 1.85. The van der Waals surface area contributed by atoms with E-state index >= 15 is 0 Å². The van der Waals surface area contributed by atoms with Gasteiger partial charge in [0.2, 0.25) is 0 Å². The van der Waals surface area contributed by atoms with Crippen LogP contribution in [0.15, 0.2) is 66.7 Å². The molecule has 0 bridgehead atoms. The number of aromatic nitrogens is 1. The minimum atomic E-state index is -1.13. The Bertz CT molecular complexity index is 1480. The lowest BCUT2D eigenvalue weighted by atomic mass is 9.97. The second kappa shape index (κ2) is 9.00. The van der Waals surface area contributed by atoms with E-state index in [1.807, 2.05) is 0 Å². The van der Waals surface area contributed by atoms with Gasteiger partial charge < -0.3 is 15.5 Å². The average molecular weight is 455 g/mol. The Kier molecular flexibility index (Phi) is 5.94. The third kappa shape index (κ3) is 4.27. The molecule has 1 heterocycles. The topological polar surface area (TPSA) is 123 Å². The zero-order valence-corrected chi connectivity index (χ0v) is 17.9. The van der Waals surface area contributed by atoms with Gasteiger partial charge >= 0.3 is 11.9 Å². The highest BCUT2D eigenvalue weighted by Gasteiger charge is 2.21. The van der Waals surface area contributed by atoms with E-state index < -0.39 is 23.8 Å². The van der Waals surface area contributed by atoms with Gasteiger partial charge in [0, 0.05) is 10.9 Å². The van der Waals surface area contributed by atoms with Gasteiger partial charge in [-0.2, -0.15) is 5.26 Å². The number of aromatic carboxylic acids is 1. The molecule has 7 nitrogen and oxygen atoms in total. The number of anilines is 1. The maximum Gasteiger partial charge on any atom is 0.335 e. The molecule has 0 radical (unpaired) electrons. The molecule has 3 N–H and O–H groups in total. The number of halogens is 1. The Morgan fingerprint density at radius 1 is 1.00 bits per heavy atom. The first-order valence-electron chi connectivity index (χ1n) is 10.3. The van der Waals surface area contributed by atoms with E-state index in [0.29, 0.717) is 27.7 Å². The summed E-state index contributed by atoms with van der Waals surface area (Å²) in [6, 6.07) is 18.5. The van der Waals surface area contributed by atoms with Gasteiger partial charge in [0.25, 0.3) is 0 Å². The third-order valence-electron chi connectivity index (χ3n) is 5.39. The molecule has 1 unspecified atom stereocenters. The molecule has 0 fully saturated rings. The molecule has 0 saturated carbocycles. The van der Waals surface area contributed by atoms with Crippen molar-refractivity contribution in [2.45, 2.75) is 13.0 Å². The Hall–Kier alpha value is -4.77. The van der Waals surface area contributed by atoms with Crippen molar-refractivity contribution in [3.63, 3.8) is 0 Å². The van der Waals surface area contributed by atoms with Crippen LogP contribution in [0.3, 0.4) is 0 Å². The normalized spacial score (nSPS) is 11.6. The van der Waals surface area contributed by atoms with Gasteiger partial charge in [0.05, 0.1) is 22.5 Å². The van der Waals surface area contributed by atoms with Crippen LogP contribution in [0.25, 0.3) is 33.3 Å². The molecule has 34 heavy (non-hydrogen) atoms. The molecule has 0 saturated heterocycles. The highest BCUT2D eigenvalue weighted by atomic mass is 19.1. The smallest absolute Gasteiger partial charge is 0.335 e. The summed E-state index contributed by atoms with van der Waals surface area (Å²) in [6.45, 7) is 1.43. The van der Waals surface area contributed by atoms with Gasteiger partial charge in [-0.15, -0.1) is 0 Å². The molecule has 1 aromatic heterocycles. The lowest BCUT2D eigenvalue weighted by molar-refractivity contribution is -0.137. The van der Waals surface area contributed by atoms with E-state index in [0.717, 1.165) is 5.56 Å². The van der Waals surface area contributed by atoms with Gasteiger partial charge in [-0.25, -0.2) is 14.2 Å². The van der Waals surface area contributed by atoms with Crippen LogP contribution >= 0.6 is 0 Å². The largest absolute Gasteiger partial charge is 0.480 e. The predicted octanol–water partition coefficient (Wildman–Crippen LogP) is 5.16. The van der Waals surface area contributed by atoms with Crippen molar-refractivity contribution < 1.29 is 24.2 Å². The maximum atomic E-state index is 14.0. The predicted molar refractivity (Wildman–Crippen MR) is 125 cm³/mol. The SMILES string of the molecule is CC(Nc1c(C#N)c(-c2ccc(-c3cccc(C(=O)O)c3)cc2)nc2ccc(F)cc12)C(=O)O. The molecule has 4 aromatic rings. The molecule has 168 valence electrons. The number of aliphatic carboxylic acids is 1. The molecule has 3 aromatic carbocycles. The molecule has 1 atom stereocenters. The van der Waals surface area contributed by atoms with Crippen LogP contribution in [0.4, 0.5) is 10.1 Å². The number of carboxylic acids is 2. The van der Waals surface area contributed by atoms with Crippen LogP contribution in [-0.2, 0) is 4.79 Å². The molecule has 0 spiro atoms. The molecule has 0 amide bonds. The minimum Gasteiger partial charge on any atom is -0.480 e. The van der Waals surface area contributed by atoms with Crippen molar-refractivity contribution in [2.75, 3.05) is 5.32 Å². The quantitative estimate of drug-likeness (QED) is 0.367. The number of carbonyl (C=O) groups is 2. The summed E-state index contributed by atoms with van der Waals surface area (Å²) < 4.78 is 14.0.